The van der Waals surface area contributed by atoms with Gasteiger partial charge in [-0.2, -0.15) is 5.10 Å². The minimum atomic E-state index is -0.0916. The van der Waals surface area contributed by atoms with E-state index in [1.165, 1.54) is 0 Å². The Kier molecular flexibility index (Phi) is 6.42. The number of nitrogens with one attached hydrogen (secondary N) is 1. The van der Waals surface area contributed by atoms with Crippen LogP contribution >= 0.6 is 24.0 Å². The number of hydrogen-bond donors (Lipinski definition) is 1. The van der Waals surface area contributed by atoms with Crippen LogP contribution in [-0.4, -0.2) is 58.5 Å². The molecule has 0 spiro atoms. The third-order valence-corrected chi connectivity index (χ3v) is 5.34. The van der Waals surface area contributed by atoms with Gasteiger partial charge in [0.2, 0.25) is 0 Å². The largest absolute Gasteiger partial charge is 0.378 e. The summed E-state index contributed by atoms with van der Waals surface area (Å²) in [5.74, 6) is 1.76. The van der Waals surface area contributed by atoms with Crippen LogP contribution in [0.4, 0.5) is 0 Å². The third kappa shape index (κ3) is 3.62. The number of guanidine groups is 1. The predicted octanol–water partition coefficient (Wildman–Crippen LogP) is 1.64. The van der Waals surface area contributed by atoms with E-state index in [9.17, 15) is 0 Å². The fraction of sp³-hybridized carbons (Fsp3) is 0.800. The molecule has 1 aromatic heterocycles. The highest BCUT2D eigenvalue weighted by atomic mass is 127. The lowest BCUT2D eigenvalue weighted by atomic mass is 9.56. The monoisotopic (exact) mass is 436 g/mol. The van der Waals surface area contributed by atoms with Crippen molar-refractivity contribution in [2.24, 2.45) is 17.5 Å². The van der Waals surface area contributed by atoms with Crippen molar-refractivity contribution >= 4 is 29.9 Å². The minimum Gasteiger partial charge on any atom is -0.378 e. The summed E-state index contributed by atoms with van der Waals surface area (Å²) in [7, 11) is 7.49. The first-order chi connectivity index (χ1) is 10.2. The van der Waals surface area contributed by atoms with Crippen LogP contribution in [0, 0.1) is 5.41 Å². The van der Waals surface area contributed by atoms with Crippen molar-refractivity contribution in [1.82, 2.24) is 25.0 Å². The second kappa shape index (κ2) is 7.33. The van der Waals surface area contributed by atoms with Gasteiger partial charge < -0.3 is 15.0 Å². The number of aliphatic imine (C=N–C) groups is 1. The first-order valence-corrected chi connectivity index (χ1v) is 7.57. The maximum absolute atomic E-state index is 5.68. The van der Waals surface area contributed by atoms with E-state index in [2.05, 4.69) is 46.1 Å². The van der Waals surface area contributed by atoms with E-state index >= 15 is 0 Å². The normalized spacial score (nSPS) is 26.2. The number of nitrogens with zero attached hydrogens (tertiary/aromatic N) is 5. The molecule has 1 aliphatic carbocycles. The van der Waals surface area contributed by atoms with Crippen molar-refractivity contribution in [3.63, 3.8) is 0 Å². The molecular formula is C15H29IN6O. The quantitative estimate of drug-likeness (QED) is 0.442. The summed E-state index contributed by atoms with van der Waals surface area (Å²) >= 11 is 0. The summed E-state index contributed by atoms with van der Waals surface area (Å²) in [6.07, 6.45) is 2.53. The van der Waals surface area contributed by atoms with Crippen LogP contribution in [0.5, 0.6) is 0 Å². The SMILES string of the molecule is CN=C(NC1CC(C)(OC)C1(C)C)N(C)Cc1ncnn1C.I. The van der Waals surface area contributed by atoms with Crippen molar-refractivity contribution < 1.29 is 4.74 Å². The van der Waals surface area contributed by atoms with Crippen LogP contribution in [0.1, 0.15) is 33.0 Å². The van der Waals surface area contributed by atoms with E-state index in [-0.39, 0.29) is 35.0 Å². The zero-order valence-corrected chi connectivity index (χ0v) is 17.5. The van der Waals surface area contributed by atoms with E-state index < -0.39 is 0 Å². The highest BCUT2D eigenvalue weighted by Crippen LogP contribution is 2.51. The molecule has 8 heteroatoms. The molecule has 132 valence electrons. The fourth-order valence-electron chi connectivity index (χ4n) is 2.97. The first-order valence-electron chi connectivity index (χ1n) is 7.57. The van der Waals surface area contributed by atoms with E-state index in [0.717, 1.165) is 18.2 Å². The van der Waals surface area contributed by atoms with Gasteiger partial charge in [-0.1, -0.05) is 13.8 Å². The van der Waals surface area contributed by atoms with Crippen molar-refractivity contribution in [2.75, 3.05) is 21.2 Å². The highest BCUT2D eigenvalue weighted by molar-refractivity contribution is 14.0. The van der Waals surface area contributed by atoms with E-state index in [1.807, 2.05) is 14.1 Å². The van der Waals surface area contributed by atoms with Crippen LogP contribution < -0.4 is 5.32 Å². The lowest BCUT2D eigenvalue weighted by molar-refractivity contribution is -0.176. The van der Waals surface area contributed by atoms with Crippen LogP contribution in [0.25, 0.3) is 0 Å². The second-order valence-electron chi connectivity index (χ2n) is 6.76. The Balaban J connectivity index is 0.00000264. The molecule has 1 saturated carbocycles. The number of ether oxygens (including phenoxy) is 1. The maximum atomic E-state index is 5.68. The molecule has 1 aromatic rings. The smallest absolute Gasteiger partial charge is 0.194 e. The van der Waals surface area contributed by atoms with Gasteiger partial charge in [0.1, 0.15) is 12.2 Å². The molecule has 23 heavy (non-hydrogen) atoms. The van der Waals surface area contributed by atoms with Gasteiger partial charge >= 0.3 is 0 Å². The van der Waals surface area contributed by atoms with Gasteiger partial charge in [-0.3, -0.25) is 9.67 Å². The summed E-state index contributed by atoms with van der Waals surface area (Å²) in [4.78, 5) is 10.7. The molecule has 0 aliphatic heterocycles. The van der Waals surface area contributed by atoms with Gasteiger partial charge in [-0.25, -0.2) is 4.98 Å². The maximum Gasteiger partial charge on any atom is 0.194 e. The molecule has 2 rings (SSSR count). The van der Waals surface area contributed by atoms with Crippen LogP contribution in [0.2, 0.25) is 0 Å². The molecule has 1 aliphatic rings. The molecular weight excluding hydrogens is 407 g/mol. The second-order valence-corrected chi connectivity index (χ2v) is 6.76. The number of rotatable bonds is 4. The zero-order valence-electron chi connectivity index (χ0n) is 15.1. The fourth-order valence-corrected chi connectivity index (χ4v) is 2.97. The number of hydrogen-bond acceptors (Lipinski definition) is 4. The minimum absolute atomic E-state index is 0. The lowest BCUT2D eigenvalue weighted by Crippen LogP contribution is -2.69. The number of aryl methyl sites for hydroxylation is 1. The Morgan fingerprint density at radius 2 is 2.17 bits per heavy atom. The highest BCUT2D eigenvalue weighted by Gasteiger charge is 2.58. The van der Waals surface area contributed by atoms with Crippen LogP contribution in [-0.2, 0) is 18.3 Å². The average molecular weight is 436 g/mol. The molecule has 0 saturated heterocycles. The zero-order chi connectivity index (χ0) is 16.5. The Morgan fingerprint density at radius 3 is 2.61 bits per heavy atom. The predicted molar refractivity (Wildman–Crippen MR) is 102 cm³/mol. The molecule has 2 atom stereocenters. The first kappa shape index (κ1) is 20.1. The summed E-state index contributed by atoms with van der Waals surface area (Å²) in [5, 5.41) is 7.65. The standard InChI is InChI=1S/C15H28N6O.HI/c1-14(2)11(8-15(14,3)22-7)19-13(16-4)20(5)9-12-17-10-18-21(12)6;/h10-11H,8-9H2,1-7H3,(H,16,19);1H. The molecule has 0 radical (unpaired) electrons. The third-order valence-electron chi connectivity index (χ3n) is 5.34. The Hall–Kier alpha value is -0.900. The van der Waals surface area contributed by atoms with E-state index in [0.29, 0.717) is 12.6 Å². The number of methoxy groups -OCH3 is 1. The van der Waals surface area contributed by atoms with Crippen LogP contribution in [0.15, 0.2) is 11.3 Å². The Bertz CT molecular complexity index is 558. The lowest BCUT2D eigenvalue weighted by Gasteiger charge is -2.59. The topological polar surface area (TPSA) is 67.6 Å². The van der Waals surface area contributed by atoms with Gasteiger partial charge in [-0.05, 0) is 13.3 Å². The van der Waals surface area contributed by atoms with E-state index in [4.69, 9.17) is 4.74 Å². The van der Waals surface area contributed by atoms with Crippen molar-refractivity contribution in [2.45, 2.75) is 45.4 Å². The van der Waals surface area contributed by atoms with Gasteiger partial charge in [0.05, 0.1) is 12.1 Å². The van der Waals surface area contributed by atoms with Gasteiger partial charge in [0.15, 0.2) is 5.96 Å². The molecule has 0 aromatic carbocycles. The molecule has 1 N–H and O–H groups in total. The summed E-state index contributed by atoms with van der Waals surface area (Å²) in [5.41, 5.74) is -0.0466. The van der Waals surface area contributed by atoms with Crippen molar-refractivity contribution in [3.8, 4) is 0 Å². The van der Waals surface area contributed by atoms with Crippen molar-refractivity contribution in [1.29, 1.82) is 0 Å². The summed E-state index contributed by atoms with van der Waals surface area (Å²) in [6, 6.07) is 0.332. The molecule has 1 heterocycles. The molecule has 0 amide bonds. The van der Waals surface area contributed by atoms with Crippen molar-refractivity contribution in [3.05, 3.63) is 12.2 Å². The van der Waals surface area contributed by atoms with Gasteiger partial charge in [-0.15, -0.1) is 24.0 Å². The average Bonchev–Trinajstić information content (AvgIpc) is 2.88. The van der Waals surface area contributed by atoms with Crippen LogP contribution in [0.3, 0.4) is 0 Å². The summed E-state index contributed by atoms with van der Waals surface area (Å²) < 4.78 is 7.46. The Morgan fingerprint density at radius 1 is 1.52 bits per heavy atom. The summed E-state index contributed by atoms with van der Waals surface area (Å²) in [6.45, 7) is 7.28. The molecule has 1 fully saturated rings. The van der Waals surface area contributed by atoms with Gasteiger partial charge in [0.25, 0.3) is 0 Å². The Labute approximate surface area is 155 Å². The number of aromatic nitrogens is 3. The molecule has 2 unspecified atom stereocenters. The molecule has 0 bridgehead atoms. The van der Waals surface area contributed by atoms with Gasteiger partial charge in [0, 0.05) is 39.7 Å². The van der Waals surface area contributed by atoms with E-state index in [1.54, 1.807) is 25.2 Å². The molecule has 7 nitrogen and oxygen atoms in total. The number of halogens is 1.